The summed E-state index contributed by atoms with van der Waals surface area (Å²) in [5, 5.41) is 13.9. The molecule has 38 heavy (non-hydrogen) atoms. The predicted octanol–water partition coefficient (Wildman–Crippen LogP) is 3.69. The smallest absolute Gasteiger partial charge is 0.321 e. The summed E-state index contributed by atoms with van der Waals surface area (Å²) in [5.41, 5.74) is 1.61. The number of fused-ring (bicyclic) bond motifs is 1. The van der Waals surface area contributed by atoms with Crippen molar-refractivity contribution in [3.05, 3.63) is 70.7 Å². The van der Waals surface area contributed by atoms with Crippen LogP contribution in [0.4, 0.5) is 0 Å². The zero-order chi connectivity index (χ0) is 27.0. The molecule has 3 aliphatic heterocycles. The standard InChI is InChI=1S/C28H32ClNO8/c1-4-34-26(33)19-18(21(25(31)32)30-20(19)16-11-8-12-17(29)13-16)22-23(35-14-15-9-6-5-7-10-15)24-27(36-22)38-28(2,3)37-24/h5-13,18-24,27,30H,4,14H2,1-3H3,(H,31,32)/t18-,19-,20-,21-,22-,23-,24+,27+/m0/s1. The van der Waals surface area contributed by atoms with Crippen molar-refractivity contribution in [1.82, 2.24) is 5.32 Å². The molecule has 5 rings (SSSR count). The van der Waals surface area contributed by atoms with Gasteiger partial charge in [-0.1, -0.05) is 54.1 Å². The molecule has 0 aliphatic carbocycles. The van der Waals surface area contributed by atoms with Gasteiger partial charge in [-0.05, 0) is 44.0 Å². The first-order valence-electron chi connectivity index (χ1n) is 12.8. The van der Waals surface area contributed by atoms with Crippen LogP contribution in [0.3, 0.4) is 0 Å². The van der Waals surface area contributed by atoms with Gasteiger partial charge in [-0.2, -0.15) is 0 Å². The Labute approximate surface area is 226 Å². The van der Waals surface area contributed by atoms with E-state index in [9.17, 15) is 14.7 Å². The van der Waals surface area contributed by atoms with E-state index in [0.29, 0.717) is 10.6 Å². The van der Waals surface area contributed by atoms with Crippen LogP contribution in [-0.2, 0) is 39.9 Å². The number of benzene rings is 2. The Morgan fingerprint density at radius 1 is 1.08 bits per heavy atom. The minimum atomic E-state index is -1.13. The van der Waals surface area contributed by atoms with Gasteiger partial charge in [-0.3, -0.25) is 14.9 Å². The molecule has 3 saturated heterocycles. The van der Waals surface area contributed by atoms with E-state index in [1.54, 1.807) is 45.0 Å². The summed E-state index contributed by atoms with van der Waals surface area (Å²) >= 11 is 6.25. The number of carbonyl (C=O) groups is 2. The molecule has 2 aromatic carbocycles. The summed E-state index contributed by atoms with van der Waals surface area (Å²) in [6, 6.07) is 14.8. The number of esters is 1. The number of nitrogens with one attached hydrogen (secondary N) is 1. The molecule has 204 valence electrons. The van der Waals surface area contributed by atoms with Gasteiger partial charge >= 0.3 is 11.9 Å². The number of aliphatic carboxylic acids is 1. The van der Waals surface area contributed by atoms with E-state index in [0.717, 1.165) is 5.56 Å². The maximum absolute atomic E-state index is 13.4. The highest BCUT2D eigenvalue weighted by atomic mass is 35.5. The first-order valence-corrected chi connectivity index (χ1v) is 13.1. The minimum Gasteiger partial charge on any atom is -0.480 e. The van der Waals surface area contributed by atoms with Crippen molar-refractivity contribution in [3.63, 3.8) is 0 Å². The molecule has 3 aliphatic rings. The monoisotopic (exact) mass is 545 g/mol. The van der Waals surface area contributed by atoms with Crippen LogP contribution >= 0.6 is 11.6 Å². The molecule has 10 heteroatoms. The molecule has 3 fully saturated rings. The van der Waals surface area contributed by atoms with Crippen LogP contribution in [-0.4, -0.2) is 60.1 Å². The fraction of sp³-hybridized carbons (Fsp3) is 0.500. The third kappa shape index (κ3) is 5.32. The van der Waals surface area contributed by atoms with E-state index in [1.807, 2.05) is 30.3 Å². The fourth-order valence-electron chi connectivity index (χ4n) is 5.77. The Balaban J connectivity index is 1.52. The maximum Gasteiger partial charge on any atom is 0.321 e. The van der Waals surface area contributed by atoms with E-state index in [2.05, 4.69) is 5.32 Å². The average Bonchev–Trinajstić information content (AvgIpc) is 3.51. The number of carbonyl (C=O) groups excluding carboxylic acids is 1. The second kappa shape index (κ2) is 10.9. The molecular formula is C28H32ClNO8. The highest BCUT2D eigenvalue weighted by molar-refractivity contribution is 6.30. The number of carboxylic acids is 1. The highest BCUT2D eigenvalue weighted by Crippen LogP contribution is 2.48. The summed E-state index contributed by atoms with van der Waals surface area (Å²) in [6.07, 6.45) is -2.93. The van der Waals surface area contributed by atoms with Crippen LogP contribution in [0, 0.1) is 11.8 Å². The fourth-order valence-corrected chi connectivity index (χ4v) is 5.97. The molecule has 0 bridgehead atoms. The molecule has 8 atom stereocenters. The number of hydrogen-bond donors (Lipinski definition) is 2. The first kappa shape index (κ1) is 27.1. The normalized spacial score (nSPS) is 33.7. The minimum absolute atomic E-state index is 0.146. The van der Waals surface area contributed by atoms with Gasteiger partial charge in [0.1, 0.15) is 18.2 Å². The molecule has 2 aromatic rings. The van der Waals surface area contributed by atoms with Crippen LogP contribution in [0.5, 0.6) is 0 Å². The van der Waals surface area contributed by atoms with Crippen LogP contribution in [0.2, 0.25) is 5.02 Å². The summed E-state index contributed by atoms with van der Waals surface area (Å²) < 4.78 is 30.3. The molecule has 0 unspecified atom stereocenters. The van der Waals surface area contributed by atoms with Gasteiger partial charge in [0.25, 0.3) is 0 Å². The molecular weight excluding hydrogens is 514 g/mol. The second-order valence-electron chi connectivity index (χ2n) is 10.2. The van der Waals surface area contributed by atoms with Gasteiger partial charge in [-0.15, -0.1) is 0 Å². The van der Waals surface area contributed by atoms with Gasteiger partial charge in [0.15, 0.2) is 12.1 Å². The summed E-state index contributed by atoms with van der Waals surface area (Å²) in [4.78, 5) is 26.0. The van der Waals surface area contributed by atoms with E-state index >= 15 is 0 Å². The van der Waals surface area contributed by atoms with Gasteiger partial charge < -0.3 is 28.8 Å². The van der Waals surface area contributed by atoms with Crippen LogP contribution in [0.1, 0.15) is 37.9 Å². The Hall–Kier alpha value is -2.53. The third-order valence-corrected chi connectivity index (χ3v) is 7.48. The number of halogens is 1. The van der Waals surface area contributed by atoms with Crippen LogP contribution in [0.15, 0.2) is 54.6 Å². The third-order valence-electron chi connectivity index (χ3n) is 7.24. The molecule has 9 nitrogen and oxygen atoms in total. The molecule has 0 spiro atoms. The zero-order valence-corrected chi connectivity index (χ0v) is 22.2. The number of ether oxygens (including phenoxy) is 5. The van der Waals surface area contributed by atoms with E-state index in [4.69, 9.17) is 35.3 Å². The maximum atomic E-state index is 13.4. The van der Waals surface area contributed by atoms with Gasteiger partial charge in [0.2, 0.25) is 0 Å². The zero-order valence-electron chi connectivity index (χ0n) is 21.4. The molecule has 0 amide bonds. The number of hydrogen-bond acceptors (Lipinski definition) is 8. The van der Waals surface area contributed by atoms with Crippen molar-refractivity contribution >= 4 is 23.5 Å². The van der Waals surface area contributed by atoms with Gasteiger partial charge in [0, 0.05) is 17.0 Å². The Morgan fingerprint density at radius 3 is 2.53 bits per heavy atom. The Kier molecular flexibility index (Phi) is 7.77. The van der Waals surface area contributed by atoms with Crippen molar-refractivity contribution in [1.29, 1.82) is 0 Å². The lowest BCUT2D eigenvalue weighted by Gasteiger charge is -2.33. The van der Waals surface area contributed by atoms with E-state index < -0.39 is 66.2 Å². The van der Waals surface area contributed by atoms with Gasteiger partial charge in [-0.25, -0.2) is 0 Å². The predicted molar refractivity (Wildman–Crippen MR) is 136 cm³/mol. The molecule has 0 radical (unpaired) electrons. The summed E-state index contributed by atoms with van der Waals surface area (Å²) in [6.45, 7) is 5.67. The van der Waals surface area contributed by atoms with Crippen LogP contribution in [0.25, 0.3) is 0 Å². The van der Waals surface area contributed by atoms with Crippen molar-refractivity contribution in [2.45, 2.75) is 69.9 Å². The van der Waals surface area contributed by atoms with Crippen molar-refractivity contribution < 1.29 is 38.4 Å². The van der Waals surface area contributed by atoms with Crippen molar-refractivity contribution in [3.8, 4) is 0 Å². The van der Waals surface area contributed by atoms with E-state index in [1.165, 1.54) is 0 Å². The Bertz CT molecular complexity index is 1160. The lowest BCUT2D eigenvalue weighted by atomic mass is 9.79. The summed E-state index contributed by atoms with van der Waals surface area (Å²) in [5.74, 6) is -4.29. The van der Waals surface area contributed by atoms with Crippen molar-refractivity contribution in [2.24, 2.45) is 11.8 Å². The van der Waals surface area contributed by atoms with E-state index in [-0.39, 0.29) is 13.2 Å². The molecule has 3 heterocycles. The lowest BCUT2D eigenvalue weighted by molar-refractivity contribution is -0.228. The molecule has 0 aromatic heterocycles. The summed E-state index contributed by atoms with van der Waals surface area (Å²) in [7, 11) is 0. The highest BCUT2D eigenvalue weighted by Gasteiger charge is 2.63. The topological polar surface area (TPSA) is 113 Å². The number of carboxylic acid groups (broad SMARTS) is 1. The van der Waals surface area contributed by atoms with Crippen LogP contribution < -0.4 is 5.32 Å². The number of rotatable bonds is 8. The second-order valence-corrected chi connectivity index (χ2v) is 10.6. The largest absolute Gasteiger partial charge is 0.480 e. The lowest BCUT2D eigenvalue weighted by Crippen LogP contribution is -2.49. The van der Waals surface area contributed by atoms with Crippen molar-refractivity contribution in [2.75, 3.05) is 6.61 Å². The molecule has 0 saturated carbocycles. The van der Waals surface area contributed by atoms with Gasteiger partial charge in [0.05, 0.1) is 25.2 Å². The Morgan fingerprint density at radius 2 is 1.84 bits per heavy atom. The SMILES string of the molecule is CCOC(=O)[C@H]1[C@H]([C@@H]2O[C@@H]3OC(C)(C)O[C@@H]3[C@H]2OCc2ccccc2)[C@@H](C(=O)O)N[C@H]1c1cccc(Cl)c1. The molecule has 2 N–H and O–H groups in total. The average molecular weight is 546 g/mol. The first-order chi connectivity index (χ1) is 18.2. The quantitative estimate of drug-likeness (QED) is 0.479.